The van der Waals surface area contributed by atoms with E-state index in [1.165, 1.54) is 30.5 Å². The van der Waals surface area contributed by atoms with Crippen molar-refractivity contribution >= 4 is 29.4 Å². The first kappa shape index (κ1) is 19.0. The van der Waals surface area contributed by atoms with Crippen LogP contribution in [-0.2, 0) is 9.59 Å². The van der Waals surface area contributed by atoms with Gasteiger partial charge in [-0.2, -0.15) is 5.10 Å². The van der Waals surface area contributed by atoms with Crippen molar-refractivity contribution in [1.82, 2.24) is 5.43 Å². The number of hydrogen-bond acceptors (Lipinski definition) is 6. The number of nitrogens with zero attached hydrogens (tertiary/aromatic N) is 3. The molecule has 0 spiro atoms. The summed E-state index contributed by atoms with van der Waals surface area (Å²) in [6.45, 7) is 0.268. The van der Waals surface area contributed by atoms with E-state index < -0.39 is 10.8 Å². The minimum absolute atomic E-state index is 0.0238. The fourth-order valence-electron chi connectivity index (χ4n) is 2.84. The minimum atomic E-state index is -0.511. The summed E-state index contributed by atoms with van der Waals surface area (Å²) in [6.07, 6.45) is 1.49. The van der Waals surface area contributed by atoms with Gasteiger partial charge in [-0.15, -0.1) is 0 Å². The first-order valence-electron chi connectivity index (χ1n) is 8.49. The summed E-state index contributed by atoms with van der Waals surface area (Å²) in [5, 5.41) is 14.5. The third-order valence-corrected chi connectivity index (χ3v) is 4.37. The van der Waals surface area contributed by atoms with Gasteiger partial charge in [0, 0.05) is 30.8 Å². The smallest absolute Gasteiger partial charge is 0.269 e. The largest absolute Gasteiger partial charge is 0.497 e. The van der Waals surface area contributed by atoms with E-state index in [-0.39, 0.29) is 30.5 Å². The van der Waals surface area contributed by atoms with Crippen LogP contribution in [-0.4, -0.2) is 36.6 Å². The lowest BCUT2D eigenvalue weighted by Crippen LogP contribution is -2.30. The Morgan fingerprint density at radius 3 is 2.54 bits per heavy atom. The molecule has 1 N–H and O–H groups in total. The minimum Gasteiger partial charge on any atom is -0.497 e. The molecule has 0 aromatic heterocycles. The molecule has 0 radical (unpaired) electrons. The average molecular weight is 382 g/mol. The molecule has 0 saturated carbocycles. The maximum atomic E-state index is 12.3. The number of carbonyl (C=O) groups excluding carboxylic acids is 2. The van der Waals surface area contributed by atoms with E-state index in [1.54, 1.807) is 36.3 Å². The zero-order valence-corrected chi connectivity index (χ0v) is 15.1. The van der Waals surface area contributed by atoms with Crippen LogP contribution < -0.4 is 15.1 Å². The summed E-state index contributed by atoms with van der Waals surface area (Å²) in [4.78, 5) is 36.2. The predicted octanol–water partition coefficient (Wildman–Crippen LogP) is 2.11. The summed E-state index contributed by atoms with van der Waals surface area (Å²) in [7, 11) is 1.56. The van der Waals surface area contributed by atoms with E-state index in [1.807, 2.05) is 0 Å². The Hall–Kier alpha value is -3.75. The molecular weight excluding hydrogens is 364 g/mol. The van der Waals surface area contributed by atoms with Gasteiger partial charge in [0.2, 0.25) is 11.8 Å². The third kappa shape index (κ3) is 4.32. The van der Waals surface area contributed by atoms with Crippen LogP contribution in [0.4, 0.5) is 11.4 Å². The second-order valence-corrected chi connectivity index (χ2v) is 6.19. The molecule has 28 heavy (non-hydrogen) atoms. The zero-order chi connectivity index (χ0) is 20.1. The van der Waals surface area contributed by atoms with Gasteiger partial charge in [0.15, 0.2) is 0 Å². The second kappa shape index (κ2) is 8.30. The molecule has 1 saturated heterocycles. The number of anilines is 1. The van der Waals surface area contributed by atoms with Crippen LogP contribution in [0, 0.1) is 16.0 Å². The van der Waals surface area contributed by atoms with Crippen molar-refractivity contribution in [2.24, 2.45) is 11.0 Å². The van der Waals surface area contributed by atoms with Crippen molar-refractivity contribution in [2.75, 3.05) is 18.6 Å². The molecule has 2 aromatic rings. The average Bonchev–Trinajstić information content (AvgIpc) is 3.10. The predicted molar refractivity (Wildman–Crippen MR) is 102 cm³/mol. The van der Waals surface area contributed by atoms with E-state index in [0.29, 0.717) is 17.0 Å². The number of amides is 2. The molecule has 9 heteroatoms. The Bertz CT molecular complexity index is 909. The highest BCUT2D eigenvalue weighted by molar-refractivity contribution is 6.00. The number of benzene rings is 2. The van der Waals surface area contributed by atoms with Gasteiger partial charge in [0.25, 0.3) is 5.69 Å². The lowest BCUT2D eigenvalue weighted by atomic mass is 10.1. The fourth-order valence-corrected chi connectivity index (χ4v) is 2.84. The van der Waals surface area contributed by atoms with Crippen LogP contribution in [0.15, 0.2) is 53.6 Å². The third-order valence-electron chi connectivity index (χ3n) is 4.37. The molecule has 0 aliphatic carbocycles. The number of methoxy groups -OCH3 is 1. The first-order chi connectivity index (χ1) is 13.5. The molecule has 1 heterocycles. The Kier molecular flexibility index (Phi) is 5.64. The summed E-state index contributed by atoms with van der Waals surface area (Å²) in [6, 6.07) is 12.8. The van der Waals surface area contributed by atoms with E-state index in [0.717, 1.165) is 0 Å². The van der Waals surface area contributed by atoms with Crippen LogP contribution >= 0.6 is 0 Å². The van der Waals surface area contributed by atoms with E-state index in [4.69, 9.17) is 4.74 Å². The monoisotopic (exact) mass is 382 g/mol. The van der Waals surface area contributed by atoms with Crippen LogP contribution in [0.25, 0.3) is 0 Å². The topological polar surface area (TPSA) is 114 Å². The molecule has 2 aromatic carbocycles. The van der Waals surface area contributed by atoms with Gasteiger partial charge in [-0.05, 0) is 42.0 Å². The van der Waals surface area contributed by atoms with Gasteiger partial charge in [-0.25, -0.2) is 5.43 Å². The van der Waals surface area contributed by atoms with Crippen molar-refractivity contribution in [1.29, 1.82) is 0 Å². The number of ether oxygens (including phenoxy) is 1. The van der Waals surface area contributed by atoms with Gasteiger partial charge < -0.3 is 9.64 Å². The standard InChI is InChI=1S/C19H18N4O5/c1-28-17-8-6-15(7-9-17)22-12-14(10-18(22)24)19(25)21-20-11-13-2-4-16(5-3-13)23(26)27/h2-9,11,14H,10,12H2,1H3,(H,21,25). The van der Waals surface area contributed by atoms with Crippen LogP contribution in [0.1, 0.15) is 12.0 Å². The molecule has 0 bridgehead atoms. The van der Waals surface area contributed by atoms with E-state index >= 15 is 0 Å². The van der Waals surface area contributed by atoms with Crippen LogP contribution in [0.3, 0.4) is 0 Å². The van der Waals surface area contributed by atoms with Gasteiger partial charge in [-0.1, -0.05) is 0 Å². The quantitative estimate of drug-likeness (QED) is 0.467. The lowest BCUT2D eigenvalue weighted by Gasteiger charge is -2.16. The van der Waals surface area contributed by atoms with Gasteiger partial charge in [0.1, 0.15) is 5.75 Å². The molecule has 3 rings (SSSR count). The Morgan fingerprint density at radius 2 is 1.93 bits per heavy atom. The molecule has 1 fully saturated rings. The van der Waals surface area contributed by atoms with E-state index in [9.17, 15) is 19.7 Å². The molecule has 1 aliphatic rings. The number of nitrogens with one attached hydrogen (secondary N) is 1. The summed E-state index contributed by atoms with van der Waals surface area (Å²) < 4.78 is 5.10. The highest BCUT2D eigenvalue weighted by Crippen LogP contribution is 2.26. The van der Waals surface area contributed by atoms with Crippen LogP contribution in [0.2, 0.25) is 0 Å². The van der Waals surface area contributed by atoms with Gasteiger partial charge in [0.05, 0.1) is 24.2 Å². The number of nitro benzene ring substituents is 1. The Morgan fingerprint density at radius 1 is 1.25 bits per heavy atom. The normalized spacial score (nSPS) is 16.4. The second-order valence-electron chi connectivity index (χ2n) is 6.19. The summed E-state index contributed by atoms with van der Waals surface area (Å²) in [5.74, 6) is -0.318. The molecule has 1 atom stereocenters. The maximum Gasteiger partial charge on any atom is 0.269 e. The molecule has 9 nitrogen and oxygen atoms in total. The highest BCUT2D eigenvalue weighted by Gasteiger charge is 2.35. The first-order valence-corrected chi connectivity index (χ1v) is 8.49. The number of non-ortho nitro benzene ring substituents is 1. The number of hydrazone groups is 1. The number of hydrogen-bond donors (Lipinski definition) is 1. The Balaban J connectivity index is 1.57. The molecule has 2 amide bonds. The highest BCUT2D eigenvalue weighted by atomic mass is 16.6. The van der Waals surface area contributed by atoms with Crippen molar-refractivity contribution in [3.63, 3.8) is 0 Å². The van der Waals surface area contributed by atoms with E-state index in [2.05, 4.69) is 10.5 Å². The summed E-state index contributed by atoms with van der Waals surface area (Å²) >= 11 is 0. The number of carbonyl (C=O) groups is 2. The van der Waals surface area contributed by atoms with Crippen molar-refractivity contribution in [3.8, 4) is 5.75 Å². The molecular formula is C19H18N4O5. The zero-order valence-electron chi connectivity index (χ0n) is 15.1. The van der Waals surface area contributed by atoms with Crippen molar-refractivity contribution < 1.29 is 19.2 Å². The number of rotatable bonds is 6. The fraction of sp³-hybridized carbons (Fsp3) is 0.211. The molecule has 1 aliphatic heterocycles. The van der Waals surface area contributed by atoms with Crippen molar-refractivity contribution in [3.05, 3.63) is 64.2 Å². The molecule has 1 unspecified atom stereocenters. The SMILES string of the molecule is COc1ccc(N2CC(C(=O)NN=Cc3ccc([N+](=O)[O-])cc3)CC2=O)cc1. The van der Waals surface area contributed by atoms with Gasteiger partial charge in [-0.3, -0.25) is 19.7 Å². The van der Waals surface area contributed by atoms with Crippen molar-refractivity contribution in [2.45, 2.75) is 6.42 Å². The molecule has 144 valence electrons. The van der Waals surface area contributed by atoms with Gasteiger partial charge >= 0.3 is 0 Å². The maximum absolute atomic E-state index is 12.3. The summed E-state index contributed by atoms with van der Waals surface area (Å²) in [5.41, 5.74) is 3.70. The lowest BCUT2D eigenvalue weighted by molar-refractivity contribution is -0.384. The number of nitro groups is 1. The van der Waals surface area contributed by atoms with Crippen LogP contribution in [0.5, 0.6) is 5.75 Å². The Labute approximate surface area is 160 Å².